The maximum atomic E-state index is 6.45. The summed E-state index contributed by atoms with van der Waals surface area (Å²) in [6.07, 6.45) is 3.64. The van der Waals surface area contributed by atoms with Crippen LogP contribution in [0.3, 0.4) is 0 Å². The molecular formula is C20H22Cl2N4. The van der Waals surface area contributed by atoms with Crippen LogP contribution in [0.2, 0.25) is 10.0 Å². The lowest BCUT2D eigenvalue weighted by atomic mass is 10.1. The maximum Gasteiger partial charge on any atom is 0.124 e. The van der Waals surface area contributed by atoms with Gasteiger partial charge in [0.25, 0.3) is 0 Å². The number of halogens is 2. The summed E-state index contributed by atoms with van der Waals surface area (Å²) in [5, 5.41) is 1.38. The van der Waals surface area contributed by atoms with Gasteiger partial charge in [0.2, 0.25) is 0 Å². The minimum absolute atomic E-state index is 0.409. The van der Waals surface area contributed by atoms with E-state index < -0.39 is 0 Å². The average molecular weight is 389 g/mol. The van der Waals surface area contributed by atoms with Crippen molar-refractivity contribution in [2.45, 2.75) is 0 Å². The Labute approximate surface area is 164 Å². The first-order chi connectivity index (χ1) is 12.5. The highest BCUT2D eigenvalue weighted by Gasteiger charge is 2.14. The Morgan fingerprint density at radius 1 is 1.04 bits per heavy atom. The third-order valence-corrected chi connectivity index (χ3v) is 4.95. The van der Waals surface area contributed by atoms with Gasteiger partial charge < -0.3 is 15.5 Å². The molecular weight excluding hydrogens is 367 g/mol. The number of hydrogen-bond acceptors (Lipinski definition) is 3. The van der Waals surface area contributed by atoms with Gasteiger partial charge in [-0.2, -0.15) is 0 Å². The minimum atomic E-state index is 0.409. The topological polar surface area (TPSA) is 44.9 Å². The van der Waals surface area contributed by atoms with Gasteiger partial charge in [0, 0.05) is 41.9 Å². The zero-order valence-corrected chi connectivity index (χ0v) is 16.2. The first-order valence-electron chi connectivity index (χ1n) is 8.52. The van der Waals surface area contributed by atoms with Crippen molar-refractivity contribution in [3.05, 3.63) is 64.1 Å². The summed E-state index contributed by atoms with van der Waals surface area (Å²) in [6.45, 7) is 4.17. The average Bonchev–Trinajstić information content (AvgIpc) is 2.63. The highest BCUT2D eigenvalue weighted by Crippen LogP contribution is 2.25. The molecule has 26 heavy (non-hydrogen) atoms. The SMILES string of the molecule is CN1CCN(c2ccc(C=CC(N)=Nc3ccc(Cl)cc3)c(Cl)c2)CC1. The number of piperazine rings is 1. The molecule has 0 aliphatic carbocycles. The number of aliphatic imine (C=N–C) groups is 1. The third-order valence-electron chi connectivity index (χ3n) is 4.37. The fraction of sp³-hybridized carbons (Fsp3) is 0.250. The van der Waals surface area contributed by atoms with Gasteiger partial charge in [-0.15, -0.1) is 0 Å². The number of anilines is 1. The molecule has 3 rings (SSSR count). The molecule has 136 valence electrons. The molecule has 4 nitrogen and oxygen atoms in total. The molecule has 0 unspecified atom stereocenters. The number of likely N-dealkylation sites (N-methyl/N-ethyl adjacent to an activating group) is 1. The molecule has 6 heteroatoms. The summed E-state index contributed by atoms with van der Waals surface area (Å²) in [7, 11) is 2.15. The van der Waals surface area contributed by atoms with Gasteiger partial charge in [0.15, 0.2) is 0 Å². The molecule has 0 radical (unpaired) electrons. The fourth-order valence-corrected chi connectivity index (χ4v) is 3.15. The highest BCUT2D eigenvalue weighted by atomic mass is 35.5. The van der Waals surface area contributed by atoms with E-state index in [1.54, 1.807) is 18.2 Å². The van der Waals surface area contributed by atoms with E-state index in [1.165, 1.54) is 0 Å². The molecule has 1 aliphatic rings. The van der Waals surface area contributed by atoms with Crippen molar-refractivity contribution in [3.63, 3.8) is 0 Å². The Morgan fingerprint density at radius 2 is 1.73 bits per heavy atom. The summed E-state index contributed by atoms with van der Waals surface area (Å²) < 4.78 is 0. The van der Waals surface area contributed by atoms with Crippen LogP contribution in [-0.2, 0) is 0 Å². The summed E-state index contributed by atoms with van der Waals surface area (Å²) in [5.74, 6) is 0.409. The van der Waals surface area contributed by atoms with Crippen molar-refractivity contribution in [1.82, 2.24) is 4.90 Å². The van der Waals surface area contributed by atoms with Crippen LogP contribution in [0.1, 0.15) is 5.56 Å². The van der Waals surface area contributed by atoms with Crippen LogP contribution in [0, 0.1) is 0 Å². The predicted octanol–water partition coefficient (Wildman–Crippen LogP) is 4.45. The lowest BCUT2D eigenvalue weighted by Crippen LogP contribution is -2.44. The number of nitrogens with two attached hydrogens (primary N) is 1. The highest BCUT2D eigenvalue weighted by molar-refractivity contribution is 6.32. The predicted molar refractivity (Wildman–Crippen MR) is 113 cm³/mol. The van der Waals surface area contributed by atoms with Crippen molar-refractivity contribution in [2.75, 3.05) is 38.1 Å². The molecule has 0 spiro atoms. The van der Waals surface area contributed by atoms with Crippen LogP contribution >= 0.6 is 23.2 Å². The fourth-order valence-electron chi connectivity index (χ4n) is 2.79. The standard InChI is InChI=1S/C20H22Cl2N4/c1-25-10-12-26(13-11-25)18-8-2-15(19(22)14-18)3-9-20(23)24-17-6-4-16(21)5-7-17/h2-9,14H,10-13H2,1H3,(H2,23,24). The van der Waals surface area contributed by atoms with E-state index in [1.807, 2.05) is 30.3 Å². The van der Waals surface area contributed by atoms with E-state index in [0.29, 0.717) is 15.9 Å². The summed E-state index contributed by atoms with van der Waals surface area (Å²) in [5.41, 5.74) is 8.80. The van der Waals surface area contributed by atoms with Crippen molar-refractivity contribution in [3.8, 4) is 0 Å². The number of amidine groups is 1. The number of benzene rings is 2. The Balaban J connectivity index is 1.69. The molecule has 1 heterocycles. The molecule has 2 aromatic rings. The van der Waals surface area contributed by atoms with Crippen molar-refractivity contribution >= 4 is 46.5 Å². The van der Waals surface area contributed by atoms with E-state index in [0.717, 1.165) is 43.1 Å². The lowest BCUT2D eigenvalue weighted by molar-refractivity contribution is 0.313. The van der Waals surface area contributed by atoms with E-state index in [-0.39, 0.29) is 0 Å². The van der Waals surface area contributed by atoms with Gasteiger partial charge in [-0.3, -0.25) is 0 Å². The van der Waals surface area contributed by atoms with Crippen LogP contribution in [0.25, 0.3) is 6.08 Å². The summed E-state index contributed by atoms with van der Waals surface area (Å²) in [4.78, 5) is 9.02. The van der Waals surface area contributed by atoms with Crippen LogP contribution in [-0.4, -0.2) is 44.0 Å². The van der Waals surface area contributed by atoms with Crippen LogP contribution in [0.5, 0.6) is 0 Å². The largest absolute Gasteiger partial charge is 0.384 e. The molecule has 1 saturated heterocycles. The number of rotatable bonds is 4. The molecule has 0 aromatic heterocycles. The molecule has 0 atom stereocenters. The first-order valence-corrected chi connectivity index (χ1v) is 9.28. The van der Waals surface area contributed by atoms with Gasteiger partial charge in [-0.1, -0.05) is 29.3 Å². The molecule has 0 bridgehead atoms. The second-order valence-electron chi connectivity index (χ2n) is 6.34. The van der Waals surface area contributed by atoms with Gasteiger partial charge in [0.05, 0.1) is 5.69 Å². The van der Waals surface area contributed by atoms with Gasteiger partial charge in [-0.05, 0) is 61.2 Å². The zero-order valence-electron chi connectivity index (χ0n) is 14.7. The van der Waals surface area contributed by atoms with Crippen LogP contribution in [0.15, 0.2) is 53.5 Å². The lowest BCUT2D eigenvalue weighted by Gasteiger charge is -2.34. The van der Waals surface area contributed by atoms with Crippen molar-refractivity contribution in [2.24, 2.45) is 10.7 Å². The maximum absolute atomic E-state index is 6.45. The molecule has 0 saturated carbocycles. The second kappa shape index (κ2) is 8.58. The quantitative estimate of drug-likeness (QED) is 0.621. The van der Waals surface area contributed by atoms with Crippen LogP contribution < -0.4 is 10.6 Å². The van der Waals surface area contributed by atoms with Gasteiger partial charge in [0.1, 0.15) is 5.84 Å². The smallest absolute Gasteiger partial charge is 0.124 e. The number of nitrogens with zero attached hydrogens (tertiary/aromatic N) is 3. The van der Waals surface area contributed by atoms with E-state index in [2.05, 4.69) is 27.9 Å². The van der Waals surface area contributed by atoms with Crippen molar-refractivity contribution in [1.29, 1.82) is 0 Å². The van der Waals surface area contributed by atoms with Gasteiger partial charge >= 0.3 is 0 Å². The minimum Gasteiger partial charge on any atom is -0.384 e. The van der Waals surface area contributed by atoms with E-state index in [9.17, 15) is 0 Å². The Hall–Kier alpha value is -2.01. The molecule has 2 aromatic carbocycles. The summed E-state index contributed by atoms with van der Waals surface area (Å²) in [6, 6.07) is 13.3. The van der Waals surface area contributed by atoms with Gasteiger partial charge in [-0.25, -0.2) is 4.99 Å². The molecule has 0 amide bonds. The Bertz CT molecular complexity index is 807. The number of hydrogen-bond donors (Lipinski definition) is 1. The molecule has 1 fully saturated rings. The Morgan fingerprint density at radius 3 is 2.38 bits per heavy atom. The second-order valence-corrected chi connectivity index (χ2v) is 7.19. The monoisotopic (exact) mass is 388 g/mol. The van der Waals surface area contributed by atoms with Crippen molar-refractivity contribution < 1.29 is 0 Å². The van der Waals surface area contributed by atoms with E-state index in [4.69, 9.17) is 28.9 Å². The first kappa shape index (κ1) is 18.8. The Kier molecular flexibility index (Phi) is 6.20. The molecule has 1 aliphatic heterocycles. The summed E-state index contributed by atoms with van der Waals surface area (Å²) >= 11 is 12.3. The van der Waals surface area contributed by atoms with Crippen LogP contribution in [0.4, 0.5) is 11.4 Å². The molecule has 2 N–H and O–H groups in total. The normalized spacial score (nSPS) is 16.4. The zero-order chi connectivity index (χ0) is 18.5. The third kappa shape index (κ3) is 5.01. The van der Waals surface area contributed by atoms with E-state index >= 15 is 0 Å².